The highest BCUT2D eigenvalue weighted by atomic mass is 16.1. The highest BCUT2D eigenvalue weighted by Gasteiger charge is 2.06. The zero-order valence-electron chi connectivity index (χ0n) is 13.3. The quantitative estimate of drug-likeness (QED) is 0.799. The van der Waals surface area contributed by atoms with Crippen molar-refractivity contribution in [3.8, 4) is 6.07 Å². The number of pyridine rings is 1. The molecule has 0 aliphatic heterocycles. The number of benzene rings is 2. The fourth-order valence-electron chi connectivity index (χ4n) is 2.38. The van der Waals surface area contributed by atoms with Crippen molar-refractivity contribution in [2.24, 2.45) is 0 Å². The lowest BCUT2D eigenvalue weighted by molar-refractivity contribution is 0.102. The predicted octanol–water partition coefficient (Wildman–Crippen LogP) is 3.02. The normalized spacial score (nSPS) is 10.0. The molecule has 3 rings (SSSR count). The zero-order valence-corrected chi connectivity index (χ0v) is 13.3. The molecule has 5 nitrogen and oxygen atoms in total. The Morgan fingerprint density at radius 3 is 2.36 bits per heavy atom. The van der Waals surface area contributed by atoms with Crippen LogP contribution < -0.4 is 10.9 Å². The van der Waals surface area contributed by atoms with Gasteiger partial charge in [0.15, 0.2) is 0 Å². The minimum Gasteiger partial charge on any atom is -0.322 e. The van der Waals surface area contributed by atoms with Crippen LogP contribution in [0.3, 0.4) is 0 Å². The average molecular weight is 329 g/mol. The number of hydrogen-bond donors (Lipinski definition) is 1. The van der Waals surface area contributed by atoms with Crippen LogP contribution in [0.25, 0.3) is 0 Å². The maximum atomic E-state index is 12.2. The average Bonchev–Trinajstić information content (AvgIpc) is 2.65. The topological polar surface area (TPSA) is 74.9 Å². The van der Waals surface area contributed by atoms with Crippen LogP contribution in [0.2, 0.25) is 0 Å². The molecule has 0 saturated carbocycles. The van der Waals surface area contributed by atoms with Gasteiger partial charge in [-0.15, -0.1) is 0 Å². The summed E-state index contributed by atoms with van der Waals surface area (Å²) in [7, 11) is 0. The number of carbonyl (C=O) groups is 1. The van der Waals surface area contributed by atoms with E-state index in [0.717, 1.165) is 5.56 Å². The lowest BCUT2D eigenvalue weighted by atomic mass is 10.1. The minimum atomic E-state index is -0.239. The fraction of sp³-hybridized carbons (Fsp3) is 0.0500. The number of nitrogens with zero attached hydrogens (tertiary/aromatic N) is 2. The molecule has 122 valence electrons. The van der Waals surface area contributed by atoms with Crippen LogP contribution in [0, 0.1) is 11.3 Å². The molecule has 1 N–H and O–H groups in total. The summed E-state index contributed by atoms with van der Waals surface area (Å²) in [5.74, 6) is -0.239. The van der Waals surface area contributed by atoms with Crippen molar-refractivity contribution in [2.45, 2.75) is 6.54 Å². The molecule has 0 radical (unpaired) electrons. The third-order valence-electron chi connectivity index (χ3n) is 3.74. The van der Waals surface area contributed by atoms with Gasteiger partial charge in [-0.25, -0.2) is 0 Å². The van der Waals surface area contributed by atoms with Crippen molar-refractivity contribution in [3.63, 3.8) is 0 Å². The van der Waals surface area contributed by atoms with Gasteiger partial charge in [0.2, 0.25) is 0 Å². The number of anilines is 1. The van der Waals surface area contributed by atoms with Crippen LogP contribution in [0.15, 0.2) is 77.7 Å². The minimum absolute atomic E-state index is 0.0549. The van der Waals surface area contributed by atoms with Crippen LogP contribution in [0.5, 0.6) is 0 Å². The Balaban J connectivity index is 1.68. The van der Waals surface area contributed by atoms with Gasteiger partial charge in [-0.3, -0.25) is 9.59 Å². The van der Waals surface area contributed by atoms with Crippen LogP contribution >= 0.6 is 0 Å². The van der Waals surface area contributed by atoms with Gasteiger partial charge in [0.1, 0.15) is 0 Å². The molecule has 3 aromatic rings. The van der Waals surface area contributed by atoms with Crippen molar-refractivity contribution < 1.29 is 4.79 Å². The summed E-state index contributed by atoms with van der Waals surface area (Å²) in [4.78, 5) is 23.9. The van der Waals surface area contributed by atoms with E-state index in [4.69, 9.17) is 5.26 Å². The Morgan fingerprint density at radius 1 is 1.00 bits per heavy atom. The molecule has 5 heteroatoms. The van der Waals surface area contributed by atoms with Gasteiger partial charge in [-0.2, -0.15) is 5.26 Å². The van der Waals surface area contributed by atoms with Crippen molar-refractivity contribution in [3.05, 3.63) is 100.0 Å². The molecule has 25 heavy (non-hydrogen) atoms. The van der Waals surface area contributed by atoms with Crippen LogP contribution in [-0.2, 0) is 6.54 Å². The lowest BCUT2D eigenvalue weighted by Crippen LogP contribution is -2.18. The maximum Gasteiger partial charge on any atom is 0.255 e. The maximum absolute atomic E-state index is 12.2. The zero-order chi connectivity index (χ0) is 17.6. The monoisotopic (exact) mass is 329 g/mol. The number of rotatable bonds is 4. The molecule has 0 saturated heterocycles. The molecule has 2 aromatic carbocycles. The van der Waals surface area contributed by atoms with Crippen molar-refractivity contribution in [1.82, 2.24) is 4.57 Å². The van der Waals surface area contributed by atoms with E-state index in [1.807, 2.05) is 24.3 Å². The first-order valence-electron chi connectivity index (χ1n) is 7.71. The first kappa shape index (κ1) is 16.2. The largest absolute Gasteiger partial charge is 0.322 e. The Labute approximate surface area is 144 Å². The number of aromatic nitrogens is 1. The third-order valence-corrected chi connectivity index (χ3v) is 3.74. The Bertz CT molecular complexity index is 981. The van der Waals surface area contributed by atoms with Gasteiger partial charge >= 0.3 is 0 Å². The molecular weight excluding hydrogens is 314 g/mol. The molecule has 0 unspecified atom stereocenters. The third kappa shape index (κ3) is 4.01. The van der Waals surface area contributed by atoms with E-state index in [1.165, 1.54) is 6.07 Å². The van der Waals surface area contributed by atoms with Gasteiger partial charge in [0.05, 0.1) is 18.2 Å². The smallest absolute Gasteiger partial charge is 0.255 e. The molecule has 0 fully saturated rings. The van der Waals surface area contributed by atoms with Gasteiger partial charge in [-0.1, -0.05) is 18.2 Å². The SMILES string of the molecule is N#Cc1ccc(C(=O)Nc2ccc(Cn3ccccc3=O)cc2)cc1. The molecule has 1 heterocycles. The number of nitriles is 1. The first-order chi connectivity index (χ1) is 12.2. The molecule has 0 atom stereocenters. The van der Waals surface area contributed by atoms with Crippen molar-refractivity contribution in [2.75, 3.05) is 5.32 Å². The molecule has 0 spiro atoms. The van der Waals surface area contributed by atoms with Crippen LogP contribution in [0.4, 0.5) is 5.69 Å². The highest BCUT2D eigenvalue weighted by Crippen LogP contribution is 2.12. The van der Waals surface area contributed by atoms with E-state index in [2.05, 4.69) is 5.32 Å². The summed E-state index contributed by atoms with van der Waals surface area (Å²) in [5.41, 5.74) is 2.57. The van der Waals surface area contributed by atoms with E-state index in [0.29, 0.717) is 23.4 Å². The first-order valence-corrected chi connectivity index (χ1v) is 7.71. The lowest BCUT2D eigenvalue weighted by Gasteiger charge is -2.08. The van der Waals surface area contributed by atoms with Crippen LogP contribution in [0.1, 0.15) is 21.5 Å². The van der Waals surface area contributed by atoms with Gasteiger partial charge in [0.25, 0.3) is 11.5 Å². The number of nitrogens with one attached hydrogen (secondary N) is 1. The van der Waals surface area contributed by atoms with E-state index >= 15 is 0 Å². The summed E-state index contributed by atoms with van der Waals surface area (Å²) in [6.07, 6.45) is 1.74. The Hall–Kier alpha value is -3.65. The van der Waals surface area contributed by atoms with Gasteiger partial charge in [0, 0.05) is 23.5 Å². The molecule has 1 amide bonds. The fourth-order valence-corrected chi connectivity index (χ4v) is 2.38. The Morgan fingerprint density at radius 2 is 1.72 bits per heavy atom. The van der Waals surface area contributed by atoms with Crippen LogP contribution in [-0.4, -0.2) is 10.5 Å². The predicted molar refractivity (Wildman–Crippen MR) is 95.4 cm³/mol. The molecular formula is C20H15N3O2. The number of hydrogen-bond acceptors (Lipinski definition) is 3. The van der Waals surface area contributed by atoms with E-state index in [-0.39, 0.29) is 11.5 Å². The van der Waals surface area contributed by atoms with Crippen molar-refractivity contribution in [1.29, 1.82) is 5.26 Å². The number of amides is 1. The van der Waals surface area contributed by atoms with E-state index in [9.17, 15) is 9.59 Å². The second-order valence-electron chi connectivity index (χ2n) is 5.51. The summed E-state index contributed by atoms with van der Waals surface area (Å²) in [6.45, 7) is 0.476. The molecule has 0 aliphatic rings. The summed E-state index contributed by atoms with van der Waals surface area (Å²) < 4.78 is 1.62. The number of carbonyl (C=O) groups excluding carboxylic acids is 1. The molecule has 0 aliphatic carbocycles. The summed E-state index contributed by atoms with van der Waals surface area (Å²) >= 11 is 0. The standard InChI is InChI=1S/C20H15N3O2/c21-13-15-4-8-17(9-5-15)20(25)22-18-10-6-16(7-11-18)14-23-12-2-1-3-19(23)24/h1-12H,14H2,(H,22,25). The second-order valence-corrected chi connectivity index (χ2v) is 5.51. The summed E-state index contributed by atoms with van der Waals surface area (Å²) in [6, 6.07) is 20.8. The molecule has 1 aromatic heterocycles. The van der Waals surface area contributed by atoms with Gasteiger partial charge < -0.3 is 9.88 Å². The highest BCUT2D eigenvalue weighted by molar-refractivity contribution is 6.04. The van der Waals surface area contributed by atoms with Gasteiger partial charge in [-0.05, 0) is 48.0 Å². The second kappa shape index (κ2) is 7.28. The van der Waals surface area contributed by atoms with Crippen molar-refractivity contribution >= 4 is 11.6 Å². The summed E-state index contributed by atoms with van der Waals surface area (Å²) in [5, 5.41) is 11.6. The van der Waals surface area contributed by atoms with E-state index in [1.54, 1.807) is 53.2 Å². The van der Waals surface area contributed by atoms with E-state index < -0.39 is 0 Å². The molecule has 0 bridgehead atoms. The Kier molecular flexibility index (Phi) is 4.72.